The van der Waals surface area contributed by atoms with E-state index in [0.29, 0.717) is 29.5 Å². The van der Waals surface area contributed by atoms with Gasteiger partial charge in [0.2, 0.25) is 0 Å². The molecule has 134 valence electrons. The third kappa shape index (κ3) is 4.64. The molecule has 26 heavy (non-hydrogen) atoms. The monoisotopic (exact) mass is 369 g/mol. The highest BCUT2D eigenvalue weighted by molar-refractivity contribution is 6.32. The van der Waals surface area contributed by atoms with Crippen molar-refractivity contribution in [3.8, 4) is 5.75 Å². The van der Waals surface area contributed by atoms with Gasteiger partial charge in [-0.15, -0.1) is 0 Å². The summed E-state index contributed by atoms with van der Waals surface area (Å²) in [7, 11) is 0. The first kappa shape index (κ1) is 18.0. The molecule has 1 amide bonds. The Labute approximate surface area is 157 Å². The predicted molar refractivity (Wildman–Crippen MR) is 101 cm³/mol. The van der Waals surface area contributed by atoms with Crippen molar-refractivity contribution in [1.82, 2.24) is 15.1 Å². The van der Waals surface area contributed by atoms with E-state index in [1.165, 1.54) is 0 Å². The molecule has 0 saturated heterocycles. The molecule has 3 aromatic rings. The fourth-order valence-corrected chi connectivity index (χ4v) is 2.66. The summed E-state index contributed by atoms with van der Waals surface area (Å²) in [6.45, 7) is 3.56. The van der Waals surface area contributed by atoms with Crippen LogP contribution in [0.1, 0.15) is 28.5 Å². The van der Waals surface area contributed by atoms with E-state index in [2.05, 4.69) is 10.4 Å². The third-order valence-electron chi connectivity index (χ3n) is 3.87. The number of nitrogens with one attached hydrogen (secondary N) is 1. The Hall–Kier alpha value is -2.79. The topological polar surface area (TPSA) is 56.2 Å². The standard InChI is InChI=1S/C20H20ClN3O2/c1-2-24-11-10-17(23-24)13-22-20(25)16-7-5-6-15(12-16)14-26-19-9-4-3-8-18(19)21/h3-12H,2,13-14H2,1H3,(H,22,25). The van der Waals surface area contributed by atoms with Crippen molar-refractivity contribution in [1.29, 1.82) is 0 Å². The van der Waals surface area contributed by atoms with Gasteiger partial charge in [0.25, 0.3) is 5.91 Å². The first-order chi connectivity index (χ1) is 12.7. The predicted octanol–water partition coefficient (Wildman–Crippen LogP) is 4.07. The number of amides is 1. The molecule has 0 unspecified atom stereocenters. The van der Waals surface area contributed by atoms with Gasteiger partial charge in [-0.05, 0) is 42.8 Å². The van der Waals surface area contributed by atoms with Gasteiger partial charge in [-0.2, -0.15) is 5.10 Å². The lowest BCUT2D eigenvalue weighted by molar-refractivity contribution is 0.0950. The summed E-state index contributed by atoms with van der Waals surface area (Å²) in [5, 5.41) is 7.80. The molecule has 0 bridgehead atoms. The van der Waals surface area contributed by atoms with Crippen molar-refractivity contribution in [2.45, 2.75) is 26.6 Å². The van der Waals surface area contributed by atoms with Gasteiger partial charge in [-0.1, -0.05) is 35.9 Å². The minimum Gasteiger partial charge on any atom is -0.487 e. The summed E-state index contributed by atoms with van der Waals surface area (Å²) < 4.78 is 7.55. The zero-order chi connectivity index (χ0) is 18.4. The minimum absolute atomic E-state index is 0.143. The van der Waals surface area contributed by atoms with Crippen LogP contribution in [0.2, 0.25) is 5.02 Å². The van der Waals surface area contributed by atoms with Crippen LogP contribution < -0.4 is 10.1 Å². The number of carbonyl (C=O) groups excluding carboxylic acids is 1. The Morgan fingerprint density at radius 3 is 2.81 bits per heavy atom. The van der Waals surface area contributed by atoms with Gasteiger partial charge in [-0.3, -0.25) is 9.48 Å². The first-order valence-corrected chi connectivity index (χ1v) is 8.80. The van der Waals surface area contributed by atoms with E-state index >= 15 is 0 Å². The molecular formula is C20H20ClN3O2. The fourth-order valence-electron chi connectivity index (χ4n) is 2.47. The van der Waals surface area contributed by atoms with Gasteiger partial charge in [0.1, 0.15) is 12.4 Å². The number of aryl methyl sites for hydroxylation is 1. The number of ether oxygens (including phenoxy) is 1. The molecule has 0 radical (unpaired) electrons. The van der Waals surface area contributed by atoms with E-state index in [4.69, 9.17) is 16.3 Å². The quantitative estimate of drug-likeness (QED) is 0.683. The molecule has 1 heterocycles. The molecule has 6 heteroatoms. The van der Waals surface area contributed by atoms with Gasteiger partial charge >= 0.3 is 0 Å². The van der Waals surface area contributed by atoms with Crippen molar-refractivity contribution in [3.63, 3.8) is 0 Å². The number of aromatic nitrogens is 2. The average molecular weight is 370 g/mol. The van der Waals surface area contributed by atoms with Crippen LogP contribution in [0.3, 0.4) is 0 Å². The van der Waals surface area contributed by atoms with Gasteiger partial charge < -0.3 is 10.1 Å². The molecule has 0 aliphatic rings. The zero-order valence-corrected chi connectivity index (χ0v) is 15.2. The van der Waals surface area contributed by atoms with Gasteiger partial charge in [-0.25, -0.2) is 0 Å². The average Bonchev–Trinajstić information content (AvgIpc) is 3.14. The summed E-state index contributed by atoms with van der Waals surface area (Å²) in [5.74, 6) is 0.478. The van der Waals surface area contributed by atoms with E-state index in [9.17, 15) is 4.79 Å². The summed E-state index contributed by atoms with van der Waals surface area (Å²) in [5.41, 5.74) is 2.31. The van der Waals surface area contributed by atoms with Gasteiger partial charge in [0, 0.05) is 18.3 Å². The maximum absolute atomic E-state index is 12.4. The molecule has 0 atom stereocenters. The van der Waals surface area contributed by atoms with Crippen LogP contribution in [0.5, 0.6) is 5.75 Å². The second kappa shape index (κ2) is 8.54. The smallest absolute Gasteiger partial charge is 0.251 e. The molecule has 3 rings (SSSR count). The molecular weight excluding hydrogens is 350 g/mol. The molecule has 0 aliphatic heterocycles. The molecule has 0 spiro atoms. The van der Waals surface area contributed by atoms with E-state index in [-0.39, 0.29) is 5.91 Å². The molecule has 0 saturated carbocycles. The summed E-state index contributed by atoms with van der Waals surface area (Å²) in [6.07, 6.45) is 1.90. The Kier molecular flexibility index (Phi) is 5.92. The molecule has 2 aromatic carbocycles. The number of hydrogen-bond acceptors (Lipinski definition) is 3. The van der Waals surface area contributed by atoms with Crippen molar-refractivity contribution >= 4 is 17.5 Å². The Morgan fingerprint density at radius 2 is 2.04 bits per heavy atom. The minimum atomic E-state index is -0.143. The highest BCUT2D eigenvalue weighted by atomic mass is 35.5. The van der Waals surface area contributed by atoms with Gasteiger partial charge in [0.05, 0.1) is 17.3 Å². The fraction of sp³-hybridized carbons (Fsp3) is 0.200. The maximum Gasteiger partial charge on any atom is 0.251 e. The number of halogens is 1. The number of para-hydroxylation sites is 1. The SMILES string of the molecule is CCn1ccc(CNC(=O)c2cccc(COc3ccccc3Cl)c2)n1. The van der Waals surface area contributed by atoms with Crippen LogP contribution in [-0.2, 0) is 19.7 Å². The second-order valence-electron chi connectivity index (χ2n) is 5.76. The zero-order valence-electron chi connectivity index (χ0n) is 14.5. The van der Waals surface area contributed by atoms with Crippen LogP contribution in [0.25, 0.3) is 0 Å². The Balaban J connectivity index is 1.59. The normalized spacial score (nSPS) is 10.5. The lowest BCUT2D eigenvalue weighted by Crippen LogP contribution is -2.23. The molecule has 5 nitrogen and oxygen atoms in total. The Morgan fingerprint density at radius 1 is 1.19 bits per heavy atom. The van der Waals surface area contributed by atoms with Crippen molar-refractivity contribution in [3.05, 3.63) is 82.6 Å². The molecule has 0 aliphatic carbocycles. The Bertz CT molecular complexity index is 892. The van der Waals surface area contributed by atoms with E-state index < -0.39 is 0 Å². The van der Waals surface area contributed by atoms with Crippen molar-refractivity contribution < 1.29 is 9.53 Å². The second-order valence-corrected chi connectivity index (χ2v) is 6.17. The number of benzene rings is 2. The summed E-state index contributed by atoms with van der Waals surface area (Å²) in [6, 6.07) is 16.6. The maximum atomic E-state index is 12.4. The van der Waals surface area contributed by atoms with E-state index in [0.717, 1.165) is 17.8 Å². The highest BCUT2D eigenvalue weighted by Crippen LogP contribution is 2.24. The largest absolute Gasteiger partial charge is 0.487 e. The lowest BCUT2D eigenvalue weighted by atomic mass is 10.1. The molecule has 1 aromatic heterocycles. The number of carbonyl (C=O) groups is 1. The van der Waals surface area contributed by atoms with Crippen LogP contribution in [0.4, 0.5) is 0 Å². The van der Waals surface area contributed by atoms with Crippen molar-refractivity contribution in [2.75, 3.05) is 0 Å². The van der Waals surface area contributed by atoms with Gasteiger partial charge in [0.15, 0.2) is 0 Å². The number of nitrogens with zero attached hydrogens (tertiary/aromatic N) is 2. The summed E-state index contributed by atoms with van der Waals surface area (Å²) in [4.78, 5) is 12.4. The van der Waals surface area contributed by atoms with Crippen LogP contribution in [-0.4, -0.2) is 15.7 Å². The van der Waals surface area contributed by atoms with E-state index in [1.54, 1.807) is 12.1 Å². The lowest BCUT2D eigenvalue weighted by Gasteiger charge is -2.09. The van der Waals surface area contributed by atoms with Crippen molar-refractivity contribution in [2.24, 2.45) is 0 Å². The van der Waals surface area contributed by atoms with Crippen LogP contribution >= 0.6 is 11.6 Å². The molecule has 0 fully saturated rings. The third-order valence-corrected chi connectivity index (χ3v) is 4.18. The van der Waals surface area contributed by atoms with Crippen LogP contribution in [0.15, 0.2) is 60.8 Å². The molecule has 1 N–H and O–H groups in total. The number of rotatable bonds is 7. The summed E-state index contributed by atoms with van der Waals surface area (Å²) >= 11 is 6.09. The highest BCUT2D eigenvalue weighted by Gasteiger charge is 2.08. The van der Waals surface area contributed by atoms with Crippen LogP contribution in [0, 0.1) is 0 Å². The number of hydrogen-bond donors (Lipinski definition) is 1. The first-order valence-electron chi connectivity index (χ1n) is 8.42. The van der Waals surface area contributed by atoms with E-state index in [1.807, 2.05) is 60.3 Å².